The van der Waals surface area contributed by atoms with Gasteiger partial charge in [0.05, 0.1) is 25.4 Å². The Kier molecular flexibility index (Phi) is 32.7. The number of hydrogen-bond donors (Lipinski definition) is 7. The molecule has 7 N–H and O–H groups in total. The molecule has 4 unspecified atom stereocenters. The molecule has 10 heteroatoms. The fraction of sp³-hybridized carbons (Fsp3) is 0.886. The van der Waals surface area contributed by atoms with Gasteiger partial charge in [0.25, 0.3) is 0 Å². The molecule has 1 aliphatic rings. The zero-order valence-electron chi connectivity index (χ0n) is 34.3. The molecular formula is C44H83NO9. The van der Waals surface area contributed by atoms with E-state index in [0.29, 0.717) is 12.8 Å². The molecule has 0 saturated carbocycles. The Balaban J connectivity index is 2.42. The number of carbonyl (C=O) groups is 1. The lowest BCUT2D eigenvalue weighted by molar-refractivity contribution is -0.303. The SMILES string of the molecule is CCCCC/C=C\C/C=C\CCCCCCCCCC(=O)N[C@@H](COC1OC(CO)C(O)C(O)[C@H]1O)[C@H](O)[C@H](O)CCCCCCCCCCCCCC. The number of aliphatic hydroxyl groups excluding tert-OH is 6. The fourth-order valence-corrected chi connectivity index (χ4v) is 6.99. The number of allylic oxidation sites excluding steroid dienone is 4. The molecule has 1 fully saturated rings. The normalized spacial score (nSPS) is 22.3. The highest BCUT2D eigenvalue weighted by Gasteiger charge is 2.44. The van der Waals surface area contributed by atoms with Crippen LogP contribution in [0.25, 0.3) is 0 Å². The number of nitrogens with one attached hydrogen (secondary N) is 1. The third-order valence-corrected chi connectivity index (χ3v) is 10.6. The molecule has 1 saturated heterocycles. The highest BCUT2D eigenvalue weighted by molar-refractivity contribution is 5.76. The summed E-state index contributed by atoms with van der Waals surface area (Å²) >= 11 is 0. The van der Waals surface area contributed by atoms with Crippen LogP contribution >= 0.6 is 0 Å². The lowest BCUT2D eigenvalue weighted by Gasteiger charge is -2.40. The summed E-state index contributed by atoms with van der Waals surface area (Å²) < 4.78 is 11.1. The molecule has 0 aromatic heterocycles. The van der Waals surface area contributed by atoms with Crippen LogP contribution in [-0.4, -0.2) is 98.7 Å². The number of amides is 1. The van der Waals surface area contributed by atoms with Crippen molar-refractivity contribution >= 4 is 5.91 Å². The summed E-state index contributed by atoms with van der Waals surface area (Å²) in [5.74, 6) is -0.267. The van der Waals surface area contributed by atoms with Crippen LogP contribution < -0.4 is 5.32 Å². The van der Waals surface area contributed by atoms with Gasteiger partial charge in [-0.05, 0) is 44.9 Å². The summed E-state index contributed by atoms with van der Waals surface area (Å²) in [4.78, 5) is 13.0. The maximum atomic E-state index is 13.0. The van der Waals surface area contributed by atoms with Gasteiger partial charge in [-0.3, -0.25) is 4.79 Å². The van der Waals surface area contributed by atoms with E-state index in [0.717, 1.165) is 57.8 Å². The first-order valence-corrected chi connectivity index (χ1v) is 22.1. The van der Waals surface area contributed by atoms with E-state index in [1.807, 2.05) is 0 Å². The lowest BCUT2D eigenvalue weighted by Crippen LogP contribution is -2.60. The summed E-state index contributed by atoms with van der Waals surface area (Å²) in [6.07, 6.45) is 28.9. The van der Waals surface area contributed by atoms with Gasteiger partial charge < -0.3 is 45.4 Å². The molecule has 10 nitrogen and oxygen atoms in total. The molecule has 1 amide bonds. The molecule has 0 radical (unpaired) electrons. The van der Waals surface area contributed by atoms with E-state index < -0.39 is 55.6 Å². The topological polar surface area (TPSA) is 169 Å². The molecule has 1 rings (SSSR count). The minimum Gasteiger partial charge on any atom is -0.394 e. The number of ether oxygens (including phenoxy) is 2. The largest absolute Gasteiger partial charge is 0.394 e. The van der Waals surface area contributed by atoms with Gasteiger partial charge in [0.1, 0.15) is 30.5 Å². The Hall–Kier alpha value is -1.37. The van der Waals surface area contributed by atoms with E-state index >= 15 is 0 Å². The van der Waals surface area contributed by atoms with Gasteiger partial charge in [-0.25, -0.2) is 0 Å². The van der Waals surface area contributed by atoms with Crippen LogP contribution in [0.5, 0.6) is 0 Å². The molecule has 0 aromatic rings. The predicted molar refractivity (Wildman–Crippen MR) is 218 cm³/mol. The van der Waals surface area contributed by atoms with E-state index in [-0.39, 0.29) is 18.9 Å². The lowest BCUT2D eigenvalue weighted by atomic mass is 9.98. The Morgan fingerprint density at radius 1 is 0.648 bits per heavy atom. The average Bonchev–Trinajstić information content (AvgIpc) is 3.17. The molecule has 54 heavy (non-hydrogen) atoms. The molecule has 0 bridgehead atoms. The molecule has 8 atom stereocenters. The Morgan fingerprint density at radius 3 is 1.69 bits per heavy atom. The van der Waals surface area contributed by atoms with E-state index in [4.69, 9.17) is 9.47 Å². The molecule has 1 aliphatic heterocycles. The second kappa shape index (κ2) is 34.8. The molecule has 318 valence electrons. The molecular weight excluding hydrogens is 686 g/mol. The van der Waals surface area contributed by atoms with Crippen LogP contribution in [0.4, 0.5) is 0 Å². The molecule has 0 aromatic carbocycles. The quantitative estimate of drug-likeness (QED) is 0.0250. The Morgan fingerprint density at radius 2 is 1.13 bits per heavy atom. The van der Waals surface area contributed by atoms with Gasteiger partial charge in [-0.1, -0.05) is 160 Å². The molecule has 0 aliphatic carbocycles. The molecule has 1 heterocycles. The third kappa shape index (κ3) is 25.0. The van der Waals surface area contributed by atoms with Crippen LogP contribution in [0.15, 0.2) is 24.3 Å². The number of aliphatic hydroxyl groups is 6. The van der Waals surface area contributed by atoms with E-state index in [1.54, 1.807) is 0 Å². The van der Waals surface area contributed by atoms with Crippen molar-refractivity contribution in [2.75, 3.05) is 13.2 Å². The minimum absolute atomic E-state index is 0.267. The second-order valence-electron chi connectivity index (χ2n) is 15.6. The first-order chi connectivity index (χ1) is 26.3. The van der Waals surface area contributed by atoms with Crippen molar-refractivity contribution in [1.82, 2.24) is 5.32 Å². The van der Waals surface area contributed by atoms with Crippen LogP contribution in [0.2, 0.25) is 0 Å². The van der Waals surface area contributed by atoms with Crippen LogP contribution in [0, 0.1) is 0 Å². The number of hydrogen-bond acceptors (Lipinski definition) is 9. The highest BCUT2D eigenvalue weighted by atomic mass is 16.7. The molecule has 0 spiro atoms. The first-order valence-electron chi connectivity index (χ1n) is 22.1. The van der Waals surface area contributed by atoms with Crippen molar-refractivity contribution in [2.45, 2.75) is 236 Å². The minimum atomic E-state index is -1.61. The van der Waals surface area contributed by atoms with Gasteiger partial charge in [0.15, 0.2) is 6.29 Å². The monoisotopic (exact) mass is 770 g/mol. The predicted octanol–water partition coefficient (Wildman–Crippen LogP) is 7.69. The second-order valence-corrected chi connectivity index (χ2v) is 15.6. The summed E-state index contributed by atoms with van der Waals surface area (Å²) in [5.41, 5.74) is 0. The zero-order valence-corrected chi connectivity index (χ0v) is 34.3. The van der Waals surface area contributed by atoms with Crippen LogP contribution in [0.1, 0.15) is 187 Å². The summed E-state index contributed by atoms with van der Waals surface area (Å²) in [6, 6.07) is -0.993. The zero-order chi connectivity index (χ0) is 39.7. The van der Waals surface area contributed by atoms with Crippen molar-refractivity contribution in [3.8, 4) is 0 Å². The third-order valence-electron chi connectivity index (χ3n) is 10.6. The summed E-state index contributed by atoms with van der Waals surface area (Å²) in [5, 5.41) is 65.0. The summed E-state index contributed by atoms with van der Waals surface area (Å²) in [7, 11) is 0. The number of unbranched alkanes of at least 4 members (excludes halogenated alkanes) is 21. The van der Waals surface area contributed by atoms with Crippen LogP contribution in [-0.2, 0) is 14.3 Å². The van der Waals surface area contributed by atoms with Gasteiger partial charge in [0, 0.05) is 6.42 Å². The average molecular weight is 770 g/mol. The number of rotatable bonds is 36. The fourth-order valence-electron chi connectivity index (χ4n) is 6.99. The van der Waals surface area contributed by atoms with E-state index in [2.05, 4.69) is 43.5 Å². The Labute approximate surface area is 329 Å². The van der Waals surface area contributed by atoms with E-state index in [1.165, 1.54) is 96.3 Å². The first kappa shape index (κ1) is 50.6. The van der Waals surface area contributed by atoms with Gasteiger partial charge >= 0.3 is 0 Å². The maximum Gasteiger partial charge on any atom is 0.220 e. The summed E-state index contributed by atoms with van der Waals surface area (Å²) in [6.45, 7) is 3.56. The van der Waals surface area contributed by atoms with Gasteiger partial charge in [-0.2, -0.15) is 0 Å². The van der Waals surface area contributed by atoms with Crippen molar-refractivity contribution in [2.24, 2.45) is 0 Å². The van der Waals surface area contributed by atoms with E-state index in [9.17, 15) is 35.4 Å². The van der Waals surface area contributed by atoms with Crippen molar-refractivity contribution in [3.05, 3.63) is 24.3 Å². The van der Waals surface area contributed by atoms with Gasteiger partial charge in [-0.15, -0.1) is 0 Å². The van der Waals surface area contributed by atoms with Crippen molar-refractivity contribution in [3.63, 3.8) is 0 Å². The smallest absolute Gasteiger partial charge is 0.220 e. The van der Waals surface area contributed by atoms with Crippen molar-refractivity contribution < 1.29 is 44.9 Å². The highest BCUT2D eigenvalue weighted by Crippen LogP contribution is 2.23. The number of carbonyl (C=O) groups excluding carboxylic acids is 1. The maximum absolute atomic E-state index is 13.0. The standard InChI is InChI=1S/C44H83NO9/c1-3-5-7-9-11-13-15-17-18-19-20-21-23-25-27-29-31-33-39(48)45-36(35-53-44-43(52)42(51)41(50)38(34-46)54-44)40(49)37(47)32-30-28-26-24-22-16-14-12-10-8-6-4-2/h11,13,17-18,36-38,40-44,46-47,49-52H,3-10,12,14-16,19-35H2,1-2H3,(H,45,48)/b13-11-,18-17-/t36-,37+,38?,40-,41?,42?,43+,44?/m0/s1. The Bertz CT molecular complexity index is 916. The van der Waals surface area contributed by atoms with Gasteiger partial charge in [0.2, 0.25) is 5.91 Å². The van der Waals surface area contributed by atoms with Crippen molar-refractivity contribution in [1.29, 1.82) is 0 Å². The van der Waals surface area contributed by atoms with Crippen LogP contribution in [0.3, 0.4) is 0 Å².